The number of rotatable bonds is 5. The highest BCUT2D eigenvalue weighted by molar-refractivity contribution is 5.72. The van der Waals surface area contributed by atoms with Crippen molar-refractivity contribution in [2.75, 3.05) is 13.6 Å². The molecule has 0 unspecified atom stereocenters. The Balaban J connectivity index is 1.90. The molecular weight excluding hydrogens is 268 g/mol. The van der Waals surface area contributed by atoms with E-state index in [1.165, 1.54) is 7.05 Å². The summed E-state index contributed by atoms with van der Waals surface area (Å²) in [4.78, 5) is 11.1. The quantitative estimate of drug-likeness (QED) is 0.656. The van der Waals surface area contributed by atoms with Crippen molar-refractivity contribution in [3.8, 4) is 0 Å². The maximum Gasteiger partial charge on any atom is 0.340 e. The van der Waals surface area contributed by atoms with E-state index in [0.29, 0.717) is 17.2 Å². The van der Waals surface area contributed by atoms with Crippen LogP contribution in [0.15, 0.2) is 46.9 Å². The van der Waals surface area contributed by atoms with E-state index in [9.17, 15) is 10.0 Å². The third-order valence-electron chi connectivity index (χ3n) is 2.94. The summed E-state index contributed by atoms with van der Waals surface area (Å²) >= 11 is 0. The van der Waals surface area contributed by atoms with Gasteiger partial charge in [-0.05, 0) is 23.8 Å². The van der Waals surface area contributed by atoms with Crippen molar-refractivity contribution >= 4 is 18.2 Å². The fraction of sp³-hybridized carbons (Fsp3) is 0.188. The molecule has 0 radical (unpaired) electrons. The summed E-state index contributed by atoms with van der Waals surface area (Å²) in [5.41, 5.74) is 1.09. The third-order valence-corrected chi connectivity index (χ3v) is 2.94. The average Bonchev–Trinajstić information content (AvgIpc) is 2.98. The Bertz CT molecular complexity index is 605. The molecule has 1 aromatic carbocycles. The molecule has 0 saturated carbocycles. The van der Waals surface area contributed by atoms with Crippen molar-refractivity contribution < 1.29 is 14.4 Å². The first-order valence-electron chi connectivity index (χ1n) is 6.69. The Morgan fingerprint density at radius 1 is 1.24 bits per heavy atom. The number of carbonyl (C=O) groups excluding carboxylic acids is 1. The predicted molar refractivity (Wildman–Crippen MR) is 80.7 cm³/mol. The Morgan fingerprint density at radius 2 is 2.00 bits per heavy atom. The first kappa shape index (κ1) is 14.9. The van der Waals surface area contributed by atoms with Gasteiger partial charge in [0.15, 0.2) is 0 Å². The molecule has 2 rings (SSSR count). The van der Waals surface area contributed by atoms with E-state index in [1.807, 2.05) is 54.6 Å². The summed E-state index contributed by atoms with van der Waals surface area (Å²) in [6, 6.07) is 13.1. The average molecular weight is 286 g/mol. The number of furan rings is 1. The zero-order valence-electron chi connectivity index (χ0n) is 11.8. The van der Waals surface area contributed by atoms with Crippen LogP contribution in [0.5, 0.6) is 0 Å². The van der Waals surface area contributed by atoms with Gasteiger partial charge in [0.05, 0.1) is 6.54 Å². The van der Waals surface area contributed by atoms with Crippen LogP contribution >= 0.6 is 0 Å². The summed E-state index contributed by atoms with van der Waals surface area (Å²) in [7, 11) is 1.46. The molecule has 0 spiro atoms. The van der Waals surface area contributed by atoms with Gasteiger partial charge >= 0.3 is 6.03 Å². The second-order valence-electron chi connectivity index (χ2n) is 4.48. The number of amides is 2. The molecule has 2 amide bonds. The number of carbonyl (C=O) groups is 1. The zero-order chi connectivity index (χ0) is 15.1. The number of hydrogen-bond acceptors (Lipinski definition) is 3. The summed E-state index contributed by atoms with van der Waals surface area (Å²) in [5, 5.41) is 12.4. The summed E-state index contributed by atoms with van der Waals surface area (Å²) in [5.74, 6) is 1.45. The number of nitrogens with one attached hydrogen (secondary N) is 1. The van der Waals surface area contributed by atoms with E-state index in [4.69, 9.17) is 4.42 Å². The van der Waals surface area contributed by atoms with Gasteiger partial charge in [-0.1, -0.05) is 36.4 Å². The smallest absolute Gasteiger partial charge is 0.340 e. The minimum absolute atomic E-state index is 0.176. The van der Waals surface area contributed by atoms with Crippen LogP contribution < -0.4 is 5.32 Å². The first-order chi connectivity index (χ1) is 10.2. The summed E-state index contributed by atoms with van der Waals surface area (Å²) in [6.45, 7) is 0.176. The van der Waals surface area contributed by atoms with Crippen LogP contribution in [0.2, 0.25) is 0 Å². The van der Waals surface area contributed by atoms with E-state index < -0.39 is 6.03 Å². The minimum atomic E-state index is -0.536. The van der Waals surface area contributed by atoms with Crippen LogP contribution in [0.3, 0.4) is 0 Å². The van der Waals surface area contributed by atoms with Gasteiger partial charge < -0.3 is 9.73 Å². The molecule has 0 saturated heterocycles. The van der Waals surface area contributed by atoms with Gasteiger partial charge in [-0.2, -0.15) is 0 Å². The Hall–Kier alpha value is -2.53. The van der Waals surface area contributed by atoms with E-state index >= 15 is 0 Å². The lowest BCUT2D eigenvalue weighted by Gasteiger charge is -2.12. The molecule has 1 heterocycles. The highest BCUT2D eigenvalue weighted by Gasteiger charge is 2.09. The molecule has 5 nitrogen and oxygen atoms in total. The predicted octanol–water partition coefficient (Wildman–Crippen LogP) is 3.02. The number of urea groups is 1. The zero-order valence-corrected chi connectivity index (χ0v) is 11.8. The molecule has 110 valence electrons. The van der Waals surface area contributed by atoms with Gasteiger partial charge in [0.25, 0.3) is 0 Å². The molecule has 1 aromatic heterocycles. The van der Waals surface area contributed by atoms with Crippen molar-refractivity contribution in [3.63, 3.8) is 0 Å². The second kappa shape index (κ2) is 7.31. The largest absolute Gasteiger partial charge is 0.462 e. The van der Waals surface area contributed by atoms with Crippen LogP contribution in [0, 0.1) is 0 Å². The van der Waals surface area contributed by atoms with Crippen LogP contribution in [-0.2, 0) is 6.42 Å². The van der Waals surface area contributed by atoms with Crippen molar-refractivity contribution in [3.05, 3.63) is 59.5 Å². The maximum atomic E-state index is 11.1. The van der Waals surface area contributed by atoms with Crippen molar-refractivity contribution in [1.29, 1.82) is 0 Å². The molecule has 0 aliphatic carbocycles. The summed E-state index contributed by atoms with van der Waals surface area (Å²) < 4.78 is 5.61. The Kier molecular flexibility index (Phi) is 5.17. The Morgan fingerprint density at radius 3 is 2.71 bits per heavy atom. The molecule has 0 bridgehead atoms. The number of nitrogens with zero attached hydrogens (tertiary/aromatic N) is 1. The van der Waals surface area contributed by atoms with Gasteiger partial charge in [0.2, 0.25) is 0 Å². The highest BCUT2D eigenvalue weighted by atomic mass is 16.5. The van der Waals surface area contributed by atoms with Crippen LogP contribution in [-0.4, -0.2) is 29.9 Å². The molecule has 5 heteroatoms. The SMILES string of the molecule is CNC(=O)N(O)CCc1ccc(C=Cc2ccccc2)o1. The molecular formula is C16H18N2O3. The molecule has 0 atom stereocenters. The minimum Gasteiger partial charge on any atom is -0.462 e. The molecule has 2 N–H and O–H groups in total. The van der Waals surface area contributed by atoms with Gasteiger partial charge in [-0.3, -0.25) is 5.21 Å². The van der Waals surface area contributed by atoms with Crippen LogP contribution in [0.1, 0.15) is 17.1 Å². The van der Waals surface area contributed by atoms with E-state index in [-0.39, 0.29) is 6.54 Å². The third kappa shape index (κ3) is 4.50. The molecule has 21 heavy (non-hydrogen) atoms. The van der Waals surface area contributed by atoms with E-state index in [0.717, 1.165) is 11.3 Å². The normalized spacial score (nSPS) is 10.8. The monoisotopic (exact) mass is 286 g/mol. The standard InChI is InChI=1S/C16H18N2O3/c1-17-16(19)18(20)12-11-15-10-9-14(21-15)8-7-13-5-3-2-4-6-13/h2-10,20H,11-12H2,1H3,(H,17,19). The van der Waals surface area contributed by atoms with E-state index in [2.05, 4.69) is 5.32 Å². The van der Waals surface area contributed by atoms with Crippen LogP contribution in [0.25, 0.3) is 12.2 Å². The lowest BCUT2D eigenvalue weighted by atomic mass is 10.2. The molecule has 2 aromatic rings. The highest BCUT2D eigenvalue weighted by Crippen LogP contribution is 2.13. The fourth-order valence-corrected chi connectivity index (χ4v) is 1.81. The van der Waals surface area contributed by atoms with Gasteiger partial charge in [0.1, 0.15) is 11.5 Å². The van der Waals surface area contributed by atoms with Gasteiger partial charge in [-0.15, -0.1) is 0 Å². The number of hydrogen-bond donors (Lipinski definition) is 2. The van der Waals surface area contributed by atoms with E-state index in [1.54, 1.807) is 0 Å². The molecule has 0 aliphatic rings. The maximum absolute atomic E-state index is 11.1. The Labute approximate surface area is 123 Å². The lowest BCUT2D eigenvalue weighted by Crippen LogP contribution is -2.36. The number of hydroxylamine groups is 2. The van der Waals surface area contributed by atoms with Gasteiger partial charge in [-0.25, -0.2) is 9.86 Å². The van der Waals surface area contributed by atoms with Crippen molar-refractivity contribution in [1.82, 2.24) is 10.4 Å². The second-order valence-corrected chi connectivity index (χ2v) is 4.48. The number of benzene rings is 1. The molecule has 0 aliphatic heterocycles. The van der Waals surface area contributed by atoms with Gasteiger partial charge in [0, 0.05) is 13.5 Å². The van der Waals surface area contributed by atoms with Crippen LogP contribution in [0.4, 0.5) is 4.79 Å². The van der Waals surface area contributed by atoms with Crippen molar-refractivity contribution in [2.45, 2.75) is 6.42 Å². The lowest BCUT2D eigenvalue weighted by molar-refractivity contribution is -0.0421. The first-order valence-corrected chi connectivity index (χ1v) is 6.69. The van der Waals surface area contributed by atoms with Crippen molar-refractivity contribution in [2.24, 2.45) is 0 Å². The topological polar surface area (TPSA) is 65.7 Å². The molecule has 0 fully saturated rings. The fourth-order valence-electron chi connectivity index (χ4n) is 1.81. The summed E-state index contributed by atoms with van der Waals surface area (Å²) in [6.07, 6.45) is 4.29.